The number of nitrogens with two attached hydrogens (primary N) is 1. The zero-order chi connectivity index (χ0) is 24.4. The highest BCUT2D eigenvalue weighted by atomic mass is 19.3. The summed E-state index contributed by atoms with van der Waals surface area (Å²) in [6.45, 7) is 0.359. The summed E-state index contributed by atoms with van der Waals surface area (Å²) in [5.74, 6) is -1.86. The lowest BCUT2D eigenvalue weighted by Gasteiger charge is -2.17. The number of fused-ring (bicyclic) bond motifs is 1. The summed E-state index contributed by atoms with van der Waals surface area (Å²) in [5.41, 5.74) is 9.07. The van der Waals surface area contributed by atoms with Gasteiger partial charge in [0.1, 0.15) is 11.6 Å². The third-order valence-electron chi connectivity index (χ3n) is 6.08. The largest absolute Gasteiger partial charge is 0.383 e. The zero-order valence-electron chi connectivity index (χ0n) is 18.9. The molecule has 0 atom stereocenters. The number of carbonyl (C=O) groups is 1. The Morgan fingerprint density at radius 2 is 1.89 bits per heavy atom. The third kappa shape index (κ3) is 5.18. The molecule has 1 aliphatic rings. The van der Waals surface area contributed by atoms with Gasteiger partial charge in [0, 0.05) is 56.1 Å². The van der Waals surface area contributed by atoms with Crippen LogP contribution in [0.4, 0.5) is 20.4 Å². The van der Waals surface area contributed by atoms with Gasteiger partial charge in [-0.2, -0.15) is 0 Å². The van der Waals surface area contributed by atoms with E-state index in [0.717, 1.165) is 27.5 Å². The van der Waals surface area contributed by atoms with E-state index in [-0.39, 0.29) is 18.9 Å². The van der Waals surface area contributed by atoms with Crippen molar-refractivity contribution in [1.29, 1.82) is 0 Å². The normalized spacial score (nSPS) is 14.9. The molecule has 1 saturated heterocycles. The van der Waals surface area contributed by atoms with Crippen LogP contribution in [0.25, 0.3) is 10.8 Å². The Morgan fingerprint density at radius 3 is 2.66 bits per heavy atom. The van der Waals surface area contributed by atoms with Crippen molar-refractivity contribution in [3.8, 4) is 0 Å². The Labute approximate surface area is 201 Å². The number of anilines is 2. The summed E-state index contributed by atoms with van der Waals surface area (Å²) in [4.78, 5) is 27.0. The van der Waals surface area contributed by atoms with Gasteiger partial charge in [-0.05, 0) is 46.3 Å². The zero-order valence-corrected chi connectivity index (χ0v) is 18.9. The summed E-state index contributed by atoms with van der Waals surface area (Å²) >= 11 is 0. The Bertz CT molecular complexity index is 1380. The molecular formula is C26H24F2N6O. The molecule has 3 aromatic heterocycles. The van der Waals surface area contributed by atoms with E-state index in [2.05, 4.69) is 20.3 Å². The third-order valence-corrected chi connectivity index (χ3v) is 6.08. The number of nitrogens with zero attached hydrogens (tertiary/aromatic N) is 4. The minimum absolute atomic E-state index is 0.149. The predicted octanol–water partition coefficient (Wildman–Crippen LogP) is 3.97. The van der Waals surface area contributed by atoms with Crippen molar-refractivity contribution in [3.63, 3.8) is 0 Å². The van der Waals surface area contributed by atoms with Crippen LogP contribution in [0.2, 0.25) is 0 Å². The van der Waals surface area contributed by atoms with Crippen molar-refractivity contribution in [1.82, 2.24) is 20.3 Å². The van der Waals surface area contributed by atoms with Gasteiger partial charge in [0.2, 0.25) is 0 Å². The van der Waals surface area contributed by atoms with Gasteiger partial charge in [0.15, 0.2) is 0 Å². The predicted molar refractivity (Wildman–Crippen MR) is 130 cm³/mol. The number of halogens is 2. The second kappa shape index (κ2) is 9.25. The van der Waals surface area contributed by atoms with Crippen LogP contribution >= 0.6 is 0 Å². The molecule has 1 fully saturated rings. The molecule has 0 saturated carbocycles. The average Bonchev–Trinajstić information content (AvgIpc) is 3.23. The van der Waals surface area contributed by atoms with Crippen LogP contribution in [-0.4, -0.2) is 39.9 Å². The fourth-order valence-corrected chi connectivity index (χ4v) is 4.23. The van der Waals surface area contributed by atoms with E-state index in [1.807, 2.05) is 30.3 Å². The van der Waals surface area contributed by atoms with Gasteiger partial charge in [-0.1, -0.05) is 18.2 Å². The quantitative estimate of drug-likeness (QED) is 0.439. The van der Waals surface area contributed by atoms with E-state index < -0.39 is 5.92 Å². The number of alkyl halides is 2. The summed E-state index contributed by atoms with van der Waals surface area (Å²) in [7, 11) is 0. The first-order valence-electron chi connectivity index (χ1n) is 11.3. The van der Waals surface area contributed by atoms with Gasteiger partial charge in [0.25, 0.3) is 11.8 Å². The lowest BCUT2D eigenvalue weighted by Crippen LogP contribution is -2.25. The van der Waals surface area contributed by atoms with E-state index >= 15 is 0 Å². The molecular weight excluding hydrogens is 450 g/mol. The molecule has 1 aliphatic heterocycles. The number of hydrogen-bond acceptors (Lipinski definition) is 6. The first-order chi connectivity index (χ1) is 16.9. The molecule has 9 heteroatoms. The molecule has 0 bridgehead atoms. The first kappa shape index (κ1) is 22.6. The fraction of sp³-hybridized carbons (Fsp3) is 0.231. The minimum atomic E-state index is -2.66. The highest BCUT2D eigenvalue weighted by molar-refractivity contribution is 5.94. The summed E-state index contributed by atoms with van der Waals surface area (Å²) < 4.78 is 26.9. The average molecular weight is 475 g/mol. The molecule has 1 aromatic carbocycles. The highest BCUT2D eigenvalue weighted by Gasteiger charge is 2.38. The Kier molecular flexibility index (Phi) is 5.98. The molecule has 4 heterocycles. The van der Waals surface area contributed by atoms with Crippen LogP contribution in [0.3, 0.4) is 0 Å². The second-order valence-electron chi connectivity index (χ2n) is 8.75. The molecule has 5 rings (SSSR count). The molecule has 178 valence electrons. The van der Waals surface area contributed by atoms with Gasteiger partial charge in [-0.3, -0.25) is 9.78 Å². The van der Waals surface area contributed by atoms with Crippen LogP contribution < -0.4 is 16.0 Å². The maximum atomic E-state index is 13.5. The molecule has 3 N–H and O–H groups in total. The number of carbonyl (C=O) groups excluding carboxylic acids is 1. The Balaban J connectivity index is 1.21. The van der Waals surface area contributed by atoms with Crippen molar-refractivity contribution in [2.45, 2.75) is 25.3 Å². The van der Waals surface area contributed by atoms with Crippen LogP contribution in [0.5, 0.6) is 0 Å². The number of nitrogens with one attached hydrogen (secondary N) is 1. The SMILES string of the molecule is Nc1nccc2cc(CNC(=O)c3cncc(Cc4ccc(N5CCC(F)(F)C5)nc4)c3)ccc12. The lowest BCUT2D eigenvalue weighted by molar-refractivity contribution is 0.0256. The summed E-state index contributed by atoms with van der Waals surface area (Å²) in [5, 5.41) is 4.77. The first-order valence-corrected chi connectivity index (χ1v) is 11.3. The summed E-state index contributed by atoms with van der Waals surface area (Å²) in [6.07, 6.45) is 6.95. The Morgan fingerprint density at radius 1 is 1.03 bits per heavy atom. The molecule has 0 aliphatic carbocycles. The van der Waals surface area contributed by atoms with Gasteiger partial charge >= 0.3 is 0 Å². The standard InChI is InChI=1S/C26H24F2N6O/c27-26(28)6-8-34(16-26)23-4-2-17(13-32-23)9-19-11-21(15-30-12-19)25(35)33-14-18-1-3-22-20(10-18)5-7-31-24(22)29/h1-5,7,10-13,15H,6,8-9,14,16H2,(H2,29,31)(H,33,35). The number of benzene rings is 1. The van der Waals surface area contributed by atoms with E-state index in [4.69, 9.17) is 5.73 Å². The van der Waals surface area contributed by atoms with Crippen LogP contribution in [0, 0.1) is 0 Å². The molecule has 35 heavy (non-hydrogen) atoms. The van der Waals surface area contributed by atoms with Gasteiger partial charge < -0.3 is 16.0 Å². The van der Waals surface area contributed by atoms with Crippen molar-refractivity contribution in [2.75, 3.05) is 23.7 Å². The van der Waals surface area contributed by atoms with Crippen molar-refractivity contribution in [3.05, 3.63) is 89.5 Å². The smallest absolute Gasteiger partial charge is 0.266 e. The van der Waals surface area contributed by atoms with Gasteiger partial charge in [-0.25, -0.2) is 18.7 Å². The van der Waals surface area contributed by atoms with E-state index in [1.54, 1.807) is 35.6 Å². The maximum absolute atomic E-state index is 13.5. The summed E-state index contributed by atoms with van der Waals surface area (Å²) in [6, 6.07) is 13.1. The van der Waals surface area contributed by atoms with Crippen molar-refractivity contribution < 1.29 is 13.6 Å². The lowest BCUT2D eigenvalue weighted by atomic mass is 10.1. The number of rotatable bonds is 6. The number of aromatic nitrogens is 3. The van der Waals surface area contributed by atoms with Crippen LogP contribution in [0.1, 0.15) is 33.5 Å². The van der Waals surface area contributed by atoms with Gasteiger partial charge in [0.05, 0.1) is 12.1 Å². The molecule has 0 unspecified atom stereocenters. The topological polar surface area (TPSA) is 97.0 Å². The van der Waals surface area contributed by atoms with Crippen LogP contribution in [-0.2, 0) is 13.0 Å². The fourth-order valence-electron chi connectivity index (χ4n) is 4.23. The number of hydrogen-bond donors (Lipinski definition) is 2. The number of pyridine rings is 3. The number of nitrogen functional groups attached to an aromatic ring is 1. The highest BCUT2D eigenvalue weighted by Crippen LogP contribution is 2.30. The molecule has 4 aromatic rings. The van der Waals surface area contributed by atoms with Crippen LogP contribution in [0.15, 0.2) is 67.3 Å². The Hall–Kier alpha value is -4.14. The number of amides is 1. The molecule has 0 spiro atoms. The molecule has 7 nitrogen and oxygen atoms in total. The van der Waals surface area contributed by atoms with Crippen molar-refractivity contribution in [2.24, 2.45) is 0 Å². The van der Waals surface area contributed by atoms with E-state index in [1.165, 1.54) is 6.20 Å². The molecule has 0 radical (unpaired) electrons. The second-order valence-corrected chi connectivity index (χ2v) is 8.75. The minimum Gasteiger partial charge on any atom is -0.383 e. The maximum Gasteiger partial charge on any atom is 0.266 e. The van der Waals surface area contributed by atoms with E-state index in [9.17, 15) is 13.6 Å². The monoisotopic (exact) mass is 474 g/mol. The van der Waals surface area contributed by atoms with Gasteiger partial charge in [-0.15, -0.1) is 0 Å². The van der Waals surface area contributed by atoms with Crippen molar-refractivity contribution >= 4 is 28.3 Å². The molecule has 1 amide bonds. The van der Waals surface area contributed by atoms with E-state index in [0.29, 0.717) is 36.7 Å².